The standard InChI is InChI=1S/C16H12O2S2/c1-19-15-7-10(6-11(8-17)16(15)18)13-9-20-14-5-3-2-4-12(13)14/h2-9,18H,1H3. The van der Waals surface area contributed by atoms with Crippen LogP contribution in [0.25, 0.3) is 21.2 Å². The second kappa shape index (κ2) is 5.31. The van der Waals surface area contributed by atoms with Gasteiger partial charge in [0, 0.05) is 15.6 Å². The Hall–Kier alpha value is -1.78. The molecule has 0 aliphatic carbocycles. The molecule has 1 aromatic heterocycles. The summed E-state index contributed by atoms with van der Waals surface area (Å²) in [7, 11) is 0. The molecule has 1 N–H and O–H groups in total. The van der Waals surface area contributed by atoms with E-state index in [4.69, 9.17) is 0 Å². The molecule has 2 nitrogen and oxygen atoms in total. The van der Waals surface area contributed by atoms with Crippen LogP contribution in [-0.2, 0) is 0 Å². The van der Waals surface area contributed by atoms with Crippen LogP contribution in [0, 0.1) is 0 Å². The number of fused-ring (bicyclic) bond motifs is 1. The number of carbonyl (C=O) groups excluding carboxylic acids is 1. The summed E-state index contributed by atoms with van der Waals surface area (Å²) in [5, 5.41) is 13.2. The number of phenolic OH excluding ortho intramolecular Hbond substituents is 1. The normalized spacial score (nSPS) is 10.8. The SMILES string of the molecule is CSc1cc(-c2csc3ccccc23)cc(C=O)c1O. The van der Waals surface area contributed by atoms with Crippen molar-refractivity contribution in [2.45, 2.75) is 4.90 Å². The first-order chi connectivity index (χ1) is 9.74. The third-order valence-electron chi connectivity index (χ3n) is 3.24. The van der Waals surface area contributed by atoms with Crippen molar-refractivity contribution in [2.24, 2.45) is 0 Å². The Bertz CT molecular complexity index is 790. The highest BCUT2D eigenvalue weighted by Crippen LogP contribution is 2.39. The van der Waals surface area contributed by atoms with Gasteiger partial charge in [0.15, 0.2) is 6.29 Å². The summed E-state index contributed by atoms with van der Waals surface area (Å²) in [6, 6.07) is 11.9. The van der Waals surface area contributed by atoms with Crippen molar-refractivity contribution >= 4 is 39.5 Å². The molecule has 0 bridgehead atoms. The number of aldehydes is 1. The van der Waals surface area contributed by atoms with Gasteiger partial charge in [0.25, 0.3) is 0 Å². The van der Waals surface area contributed by atoms with Crippen LogP contribution in [0.4, 0.5) is 0 Å². The molecule has 0 unspecified atom stereocenters. The minimum absolute atomic E-state index is 0.0655. The number of thioether (sulfide) groups is 1. The fourth-order valence-electron chi connectivity index (χ4n) is 2.23. The predicted octanol–water partition coefficient (Wildman–Crippen LogP) is 4.81. The molecule has 0 fully saturated rings. The topological polar surface area (TPSA) is 37.3 Å². The Balaban J connectivity index is 2.26. The van der Waals surface area contributed by atoms with E-state index in [9.17, 15) is 9.90 Å². The molecule has 20 heavy (non-hydrogen) atoms. The third kappa shape index (κ3) is 2.11. The molecule has 0 saturated heterocycles. The molecular formula is C16H12O2S2. The monoisotopic (exact) mass is 300 g/mol. The van der Waals surface area contributed by atoms with Crippen molar-refractivity contribution in [1.29, 1.82) is 0 Å². The quantitative estimate of drug-likeness (QED) is 0.557. The number of benzene rings is 2. The van der Waals surface area contributed by atoms with E-state index < -0.39 is 0 Å². The van der Waals surface area contributed by atoms with Crippen LogP contribution in [0.1, 0.15) is 10.4 Å². The van der Waals surface area contributed by atoms with Gasteiger partial charge in [0.2, 0.25) is 0 Å². The van der Waals surface area contributed by atoms with E-state index in [1.807, 2.05) is 24.5 Å². The Morgan fingerprint density at radius 3 is 2.80 bits per heavy atom. The Morgan fingerprint density at radius 1 is 1.25 bits per heavy atom. The molecule has 1 heterocycles. The van der Waals surface area contributed by atoms with Crippen molar-refractivity contribution in [2.75, 3.05) is 6.26 Å². The number of rotatable bonds is 3. The van der Waals surface area contributed by atoms with E-state index in [0.29, 0.717) is 11.8 Å². The van der Waals surface area contributed by atoms with E-state index >= 15 is 0 Å². The van der Waals surface area contributed by atoms with Gasteiger partial charge in [0.1, 0.15) is 5.75 Å². The molecule has 0 spiro atoms. The summed E-state index contributed by atoms with van der Waals surface area (Å²) in [6.07, 6.45) is 2.59. The van der Waals surface area contributed by atoms with Crippen LogP contribution in [0.2, 0.25) is 0 Å². The van der Waals surface area contributed by atoms with Gasteiger partial charge >= 0.3 is 0 Å². The summed E-state index contributed by atoms with van der Waals surface area (Å²) in [5.74, 6) is 0.0655. The molecule has 0 amide bonds. The van der Waals surface area contributed by atoms with Gasteiger partial charge in [-0.25, -0.2) is 0 Å². The summed E-state index contributed by atoms with van der Waals surface area (Å²) in [4.78, 5) is 11.8. The molecule has 0 atom stereocenters. The molecule has 3 aromatic rings. The molecular weight excluding hydrogens is 288 g/mol. The predicted molar refractivity (Wildman–Crippen MR) is 86.1 cm³/mol. The van der Waals surface area contributed by atoms with Gasteiger partial charge in [-0.1, -0.05) is 18.2 Å². The number of thiophene rings is 1. The Kier molecular flexibility index (Phi) is 3.51. The first-order valence-electron chi connectivity index (χ1n) is 6.07. The van der Waals surface area contributed by atoms with E-state index in [-0.39, 0.29) is 5.75 Å². The zero-order chi connectivity index (χ0) is 14.1. The molecule has 0 saturated carbocycles. The van der Waals surface area contributed by atoms with Crippen molar-refractivity contribution in [3.63, 3.8) is 0 Å². The highest BCUT2D eigenvalue weighted by Gasteiger charge is 2.12. The van der Waals surface area contributed by atoms with Gasteiger partial charge in [-0.05, 0) is 35.4 Å². The molecule has 4 heteroatoms. The highest BCUT2D eigenvalue weighted by atomic mass is 32.2. The van der Waals surface area contributed by atoms with Crippen LogP contribution >= 0.6 is 23.1 Å². The lowest BCUT2D eigenvalue weighted by atomic mass is 10.0. The average molecular weight is 300 g/mol. The maximum Gasteiger partial charge on any atom is 0.153 e. The third-order valence-corrected chi connectivity index (χ3v) is 4.96. The molecule has 0 aliphatic heterocycles. The van der Waals surface area contributed by atoms with Gasteiger partial charge in [-0.15, -0.1) is 23.1 Å². The summed E-state index contributed by atoms with van der Waals surface area (Å²) in [6.45, 7) is 0. The number of carbonyl (C=O) groups is 1. The number of aromatic hydroxyl groups is 1. The lowest BCUT2D eigenvalue weighted by molar-refractivity contribution is 0.112. The van der Waals surface area contributed by atoms with Crippen molar-refractivity contribution in [3.8, 4) is 16.9 Å². The smallest absolute Gasteiger partial charge is 0.153 e. The van der Waals surface area contributed by atoms with Crippen LogP contribution in [-0.4, -0.2) is 17.6 Å². The molecule has 2 aromatic carbocycles. The molecule has 100 valence electrons. The zero-order valence-electron chi connectivity index (χ0n) is 10.8. The lowest BCUT2D eigenvalue weighted by Crippen LogP contribution is -1.87. The number of hydrogen-bond donors (Lipinski definition) is 1. The van der Waals surface area contributed by atoms with E-state index in [0.717, 1.165) is 16.0 Å². The second-order valence-corrected chi connectivity index (χ2v) is 6.14. The van der Waals surface area contributed by atoms with Gasteiger partial charge in [0.05, 0.1) is 10.5 Å². The van der Waals surface area contributed by atoms with Crippen molar-refractivity contribution in [3.05, 3.63) is 47.3 Å². The van der Waals surface area contributed by atoms with Crippen LogP contribution < -0.4 is 0 Å². The second-order valence-electron chi connectivity index (χ2n) is 4.38. The van der Waals surface area contributed by atoms with E-state index in [2.05, 4.69) is 17.5 Å². The fraction of sp³-hybridized carbons (Fsp3) is 0.0625. The number of hydrogen-bond acceptors (Lipinski definition) is 4. The summed E-state index contributed by atoms with van der Waals surface area (Å²) < 4.78 is 1.22. The largest absolute Gasteiger partial charge is 0.506 e. The van der Waals surface area contributed by atoms with Gasteiger partial charge in [-0.3, -0.25) is 4.79 Å². The maximum absolute atomic E-state index is 11.1. The highest BCUT2D eigenvalue weighted by molar-refractivity contribution is 7.98. The maximum atomic E-state index is 11.1. The van der Waals surface area contributed by atoms with Gasteiger partial charge < -0.3 is 5.11 Å². The lowest BCUT2D eigenvalue weighted by Gasteiger charge is -2.08. The first kappa shape index (κ1) is 13.2. The minimum atomic E-state index is 0.0655. The summed E-state index contributed by atoms with van der Waals surface area (Å²) in [5.41, 5.74) is 2.40. The van der Waals surface area contributed by atoms with E-state index in [1.54, 1.807) is 17.4 Å². The fourth-order valence-corrected chi connectivity index (χ4v) is 3.76. The Labute approximate surface area is 125 Å². The van der Waals surface area contributed by atoms with E-state index in [1.165, 1.54) is 21.8 Å². The van der Waals surface area contributed by atoms with Crippen LogP contribution in [0.5, 0.6) is 5.75 Å². The summed E-state index contributed by atoms with van der Waals surface area (Å²) >= 11 is 3.12. The molecule has 0 aliphatic rings. The Morgan fingerprint density at radius 2 is 2.05 bits per heavy atom. The van der Waals surface area contributed by atoms with Crippen molar-refractivity contribution < 1.29 is 9.90 Å². The molecule has 3 rings (SSSR count). The van der Waals surface area contributed by atoms with Crippen LogP contribution in [0.3, 0.4) is 0 Å². The molecule has 0 radical (unpaired) electrons. The van der Waals surface area contributed by atoms with Crippen LogP contribution in [0.15, 0.2) is 46.7 Å². The van der Waals surface area contributed by atoms with Crippen molar-refractivity contribution in [1.82, 2.24) is 0 Å². The average Bonchev–Trinajstić information content (AvgIpc) is 2.91. The number of phenols is 1. The first-order valence-corrected chi connectivity index (χ1v) is 8.18. The zero-order valence-corrected chi connectivity index (χ0v) is 12.4. The minimum Gasteiger partial charge on any atom is -0.506 e. The van der Waals surface area contributed by atoms with Gasteiger partial charge in [-0.2, -0.15) is 0 Å².